The highest BCUT2D eigenvalue weighted by molar-refractivity contribution is 5.86. The van der Waals surface area contributed by atoms with E-state index in [-0.39, 0.29) is 19.2 Å². The summed E-state index contributed by atoms with van der Waals surface area (Å²) in [6.07, 6.45) is 1.75. The van der Waals surface area contributed by atoms with Crippen LogP contribution >= 0.6 is 0 Å². The van der Waals surface area contributed by atoms with E-state index in [9.17, 15) is 4.79 Å². The predicted molar refractivity (Wildman–Crippen MR) is 82.9 cm³/mol. The van der Waals surface area contributed by atoms with E-state index in [1.165, 1.54) is 0 Å². The third-order valence-corrected chi connectivity index (χ3v) is 3.72. The average molecular weight is 310 g/mol. The second kappa shape index (κ2) is 5.35. The summed E-state index contributed by atoms with van der Waals surface area (Å²) < 4.78 is 21.4. The van der Waals surface area contributed by atoms with E-state index in [0.717, 1.165) is 22.1 Å². The van der Waals surface area contributed by atoms with Gasteiger partial charge in [0.25, 0.3) is 0 Å². The summed E-state index contributed by atoms with van der Waals surface area (Å²) in [5.74, 6) is 1.32. The van der Waals surface area contributed by atoms with Gasteiger partial charge in [-0.15, -0.1) is 0 Å². The van der Waals surface area contributed by atoms with Crippen molar-refractivity contribution in [2.75, 3.05) is 6.79 Å². The summed E-state index contributed by atoms with van der Waals surface area (Å²) in [7, 11) is 0. The van der Waals surface area contributed by atoms with Crippen molar-refractivity contribution in [3.05, 3.63) is 53.8 Å². The molecule has 5 nitrogen and oxygen atoms in total. The molecule has 1 aliphatic heterocycles. The van der Waals surface area contributed by atoms with E-state index in [1.54, 1.807) is 24.5 Å². The predicted octanol–water partition coefficient (Wildman–Crippen LogP) is 3.62. The van der Waals surface area contributed by atoms with Crippen LogP contribution in [0.2, 0.25) is 0 Å². The molecule has 2 aromatic carbocycles. The van der Waals surface area contributed by atoms with Crippen LogP contribution in [-0.4, -0.2) is 12.8 Å². The first-order chi connectivity index (χ1) is 11.2. The summed E-state index contributed by atoms with van der Waals surface area (Å²) in [4.78, 5) is 12.2. The third-order valence-electron chi connectivity index (χ3n) is 3.72. The van der Waals surface area contributed by atoms with Gasteiger partial charge in [-0.3, -0.25) is 4.79 Å². The zero-order chi connectivity index (χ0) is 15.8. The number of benzene rings is 2. The fraction of sp³-hybridized carbons (Fsp3) is 0.167. The van der Waals surface area contributed by atoms with Gasteiger partial charge in [-0.25, -0.2) is 0 Å². The first-order valence-electron chi connectivity index (χ1n) is 7.26. The van der Waals surface area contributed by atoms with Crippen LogP contribution in [0.25, 0.3) is 11.0 Å². The molecule has 0 saturated carbocycles. The maximum Gasteiger partial charge on any atom is 0.315 e. The molecule has 0 N–H and O–H groups in total. The van der Waals surface area contributed by atoms with E-state index in [4.69, 9.17) is 18.6 Å². The summed E-state index contributed by atoms with van der Waals surface area (Å²) in [5.41, 5.74) is 2.70. The molecule has 0 radical (unpaired) electrons. The minimum atomic E-state index is -0.354. The fourth-order valence-electron chi connectivity index (χ4n) is 2.59. The molecule has 3 aromatic rings. The van der Waals surface area contributed by atoms with Gasteiger partial charge < -0.3 is 18.6 Å². The van der Waals surface area contributed by atoms with E-state index in [1.807, 2.05) is 25.1 Å². The number of aryl methyl sites for hydroxylation is 1. The van der Waals surface area contributed by atoms with Gasteiger partial charge in [0.2, 0.25) is 6.79 Å². The van der Waals surface area contributed by atoms with Crippen molar-refractivity contribution >= 4 is 16.9 Å². The smallest absolute Gasteiger partial charge is 0.315 e. The molecule has 0 unspecified atom stereocenters. The molecular formula is C18H14O5. The molecule has 116 valence electrons. The van der Waals surface area contributed by atoms with Crippen molar-refractivity contribution in [3.63, 3.8) is 0 Å². The van der Waals surface area contributed by atoms with Gasteiger partial charge in [0.1, 0.15) is 11.3 Å². The van der Waals surface area contributed by atoms with Crippen molar-refractivity contribution in [1.82, 2.24) is 0 Å². The standard InChI is InChI=1S/C18H14O5/c1-11-2-4-14-12(9-20-16(14)6-11)7-18(19)23-13-3-5-15-17(8-13)22-10-21-15/h2-6,8-9H,7,10H2,1H3. The van der Waals surface area contributed by atoms with Crippen LogP contribution in [0.1, 0.15) is 11.1 Å². The number of ether oxygens (including phenoxy) is 3. The second-order valence-corrected chi connectivity index (χ2v) is 5.43. The Bertz CT molecular complexity index is 894. The van der Waals surface area contributed by atoms with Gasteiger partial charge in [-0.05, 0) is 30.7 Å². The highest BCUT2D eigenvalue weighted by Crippen LogP contribution is 2.35. The molecule has 0 spiro atoms. The molecular weight excluding hydrogens is 296 g/mol. The number of esters is 1. The van der Waals surface area contributed by atoms with E-state index >= 15 is 0 Å². The summed E-state index contributed by atoms with van der Waals surface area (Å²) in [5, 5.41) is 0.929. The normalized spacial score (nSPS) is 12.6. The highest BCUT2D eigenvalue weighted by atomic mass is 16.7. The minimum Gasteiger partial charge on any atom is -0.464 e. The minimum absolute atomic E-state index is 0.143. The Hall–Kier alpha value is -2.95. The molecule has 1 aliphatic rings. The van der Waals surface area contributed by atoms with Crippen LogP contribution in [0.5, 0.6) is 17.2 Å². The van der Waals surface area contributed by atoms with Gasteiger partial charge in [0.15, 0.2) is 11.5 Å². The van der Waals surface area contributed by atoms with Gasteiger partial charge in [0, 0.05) is 17.0 Å². The second-order valence-electron chi connectivity index (χ2n) is 5.43. The van der Waals surface area contributed by atoms with Crippen LogP contribution < -0.4 is 14.2 Å². The highest BCUT2D eigenvalue weighted by Gasteiger charge is 2.16. The Morgan fingerprint density at radius 1 is 1.13 bits per heavy atom. The van der Waals surface area contributed by atoms with Gasteiger partial charge in [0.05, 0.1) is 12.7 Å². The van der Waals surface area contributed by atoms with Crippen LogP contribution in [0.4, 0.5) is 0 Å². The maximum atomic E-state index is 12.2. The number of hydrogen-bond acceptors (Lipinski definition) is 5. The molecule has 2 heterocycles. The topological polar surface area (TPSA) is 57.9 Å². The Morgan fingerprint density at radius 3 is 2.91 bits per heavy atom. The number of hydrogen-bond donors (Lipinski definition) is 0. The average Bonchev–Trinajstić information content (AvgIpc) is 3.13. The lowest BCUT2D eigenvalue weighted by Crippen LogP contribution is -2.10. The maximum absolute atomic E-state index is 12.2. The quantitative estimate of drug-likeness (QED) is 0.546. The Morgan fingerprint density at radius 2 is 2.00 bits per heavy atom. The molecule has 0 aliphatic carbocycles. The van der Waals surface area contributed by atoms with Gasteiger partial charge in [-0.1, -0.05) is 12.1 Å². The molecule has 1 aromatic heterocycles. The number of fused-ring (bicyclic) bond motifs is 2. The Balaban J connectivity index is 1.51. The number of rotatable bonds is 3. The number of furan rings is 1. The Labute approximate surface area is 132 Å². The number of carbonyl (C=O) groups is 1. The summed E-state index contributed by atoms with van der Waals surface area (Å²) >= 11 is 0. The largest absolute Gasteiger partial charge is 0.464 e. The molecule has 0 fully saturated rings. The van der Waals surface area contributed by atoms with E-state index in [0.29, 0.717) is 17.2 Å². The molecule has 4 rings (SSSR count). The lowest BCUT2D eigenvalue weighted by molar-refractivity contribution is -0.133. The first-order valence-corrected chi connectivity index (χ1v) is 7.26. The molecule has 23 heavy (non-hydrogen) atoms. The summed E-state index contributed by atoms with van der Waals surface area (Å²) in [6, 6.07) is 10.9. The lowest BCUT2D eigenvalue weighted by Gasteiger charge is -2.04. The van der Waals surface area contributed by atoms with Crippen molar-refractivity contribution in [2.24, 2.45) is 0 Å². The monoisotopic (exact) mass is 310 g/mol. The fourth-order valence-corrected chi connectivity index (χ4v) is 2.59. The van der Waals surface area contributed by atoms with Gasteiger partial charge >= 0.3 is 5.97 Å². The van der Waals surface area contributed by atoms with Crippen LogP contribution in [0.3, 0.4) is 0 Å². The lowest BCUT2D eigenvalue weighted by atomic mass is 10.1. The Kier molecular flexibility index (Phi) is 3.19. The molecule has 0 bridgehead atoms. The number of carbonyl (C=O) groups excluding carboxylic acids is 1. The van der Waals surface area contributed by atoms with Crippen LogP contribution in [0.15, 0.2) is 47.1 Å². The van der Waals surface area contributed by atoms with Crippen molar-refractivity contribution in [2.45, 2.75) is 13.3 Å². The van der Waals surface area contributed by atoms with Crippen molar-refractivity contribution < 1.29 is 23.4 Å². The third kappa shape index (κ3) is 2.61. The van der Waals surface area contributed by atoms with E-state index < -0.39 is 0 Å². The zero-order valence-electron chi connectivity index (χ0n) is 12.5. The van der Waals surface area contributed by atoms with Crippen molar-refractivity contribution in [3.8, 4) is 17.2 Å². The SMILES string of the molecule is Cc1ccc2c(CC(=O)Oc3ccc4c(c3)OCO4)coc2c1. The summed E-state index contributed by atoms with van der Waals surface area (Å²) in [6.45, 7) is 2.18. The van der Waals surface area contributed by atoms with Gasteiger partial charge in [-0.2, -0.15) is 0 Å². The first kappa shape index (κ1) is 13.7. The molecule has 5 heteroatoms. The zero-order valence-corrected chi connectivity index (χ0v) is 12.5. The van der Waals surface area contributed by atoms with Crippen LogP contribution in [-0.2, 0) is 11.2 Å². The van der Waals surface area contributed by atoms with Crippen LogP contribution in [0, 0.1) is 6.92 Å². The van der Waals surface area contributed by atoms with E-state index in [2.05, 4.69) is 0 Å². The molecule has 0 atom stereocenters. The van der Waals surface area contributed by atoms with Crippen molar-refractivity contribution in [1.29, 1.82) is 0 Å². The molecule has 0 amide bonds. The molecule has 0 saturated heterocycles.